The summed E-state index contributed by atoms with van der Waals surface area (Å²) in [6.07, 6.45) is 3.37. The summed E-state index contributed by atoms with van der Waals surface area (Å²) in [7, 11) is -2.47. The zero-order chi connectivity index (χ0) is 16.3. The summed E-state index contributed by atoms with van der Waals surface area (Å²) < 4.78 is 32.2. The van der Waals surface area contributed by atoms with E-state index in [2.05, 4.69) is 4.72 Å². The predicted octanol–water partition coefficient (Wildman–Crippen LogP) is 2.04. The molecule has 0 radical (unpaired) electrons. The molecule has 1 aliphatic rings. The Morgan fingerprint density at radius 2 is 1.95 bits per heavy atom. The molecule has 0 saturated carbocycles. The molecule has 1 N–H and O–H groups in total. The number of esters is 1. The molecular weight excluding hydrogens is 302 g/mol. The van der Waals surface area contributed by atoms with E-state index in [0.29, 0.717) is 6.42 Å². The van der Waals surface area contributed by atoms with E-state index in [9.17, 15) is 13.2 Å². The molecule has 1 aliphatic carbocycles. The molecule has 0 aliphatic heterocycles. The van der Waals surface area contributed by atoms with Crippen LogP contribution in [0, 0.1) is 5.92 Å². The summed E-state index contributed by atoms with van der Waals surface area (Å²) >= 11 is 0. The van der Waals surface area contributed by atoms with Crippen molar-refractivity contribution in [1.82, 2.24) is 4.72 Å². The van der Waals surface area contributed by atoms with Gasteiger partial charge >= 0.3 is 5.97 Å². The second-order valence-electron chi connectivity index (χ2n) is 6.11. The first-order valence-electron chi connectivity index (χ1n) is 7.55. The molecule has 1 aromatic rings. The van der Waals surface area contributed by atoms with E-state index in [0.717, 1.165) is 24.8 Å². The van der Waals surface area contributed by atoms with Crippen LogP contribution in [0.1, 0.15) is 37.8 Å². The van der Waals surface area contributed by atoms with Crippen molar-refractivity contribution in [2.75, 3.05) is 7.11 Å². The fraction of sp³-hybridized carbons (Fsp3) is 0.562. The number of rotatable bonds is 6. The van der Waals surface area contributed by atoms with E-state index in [1.165, 1.54) is 12.7 Å². The first-order chi connectivity index (χ1) is 10.3. The van der Waals surface area contributed by atoms with Gasteiger partial charge in [-0.1, -0.05) is 19.9 Å². The van der Waals surface area contributed by atoms with Crippen LogP contribution in [0.2, 0.25) is 0 Å². The van der Waals surface area contributed by atoms with E-state index in [-0.39, 0.29) is 10.8 Å². The maximum atomic E-state index is 12.5. The Labute approximate surface area is 132 Å². The van der Waals surface area contributed by atoms with Crippen molar-refractivity contribution in [1.29, 1.82) is 0 Å². The fourth-order valence-electron chi connectivity index (χ4n) is 2.78. The van der Waals surface area contributed by atoms with Crippen molar-refractivity contribution in [3.63, 3.8) is 0 Å². The Kier molecular flexibility index (Phi) is 5.24. The number of fused-ring (bicyclic) bond motifs is 1. The van der Waals surface area contributed by atoms with Gasteiger partial charge in [-0.15, -0.1) is 0 Å². The van der Waals surface area contributed by atoms with Crippen LogP contribution < -0.4 is 4.72 Å². The van der Waals surface area contributed by atoms with E-state index in [1.54, 1.807) is 12.1 Å². The van der Waals surface area contributed by atoms with E-state index in [1.807, 2.05) is 19.9 Å². The first kappa shape index (κ1) is 17.0. The highest BCUT2D eigenvalue weighted by Gasteiger charge is 2.27. The minimum absolute atomic E-state index is 0.173. The molecule has 0 aromatic heterocycles. The van der Waals surface area contributed by atoms with Crippen LogP contribution in [0.3, 0.4) is 0 Å². The van der Waals surface area contributed by atoms with Crippen molar-refractivity contribution < 1.29 is 17.9 Å². The van der Waals surface area contributed by atoms with Gasteiger partial charge in [0.05, 0.1) is 12.0 Å². The van der Waals surface area contributed by atoms with Crippen molar-refractivity contribution in [3.05, 3.63) is 29.3 Å². The highest BCUT2D eigenvalue weighted by Crippen LogP contribution is 2.25. The van der Waals surface area contributed by atoms with Crippen molar-refractivity contribution in [2.45, 2.75) is 50.5 Å². The first-order valence-corrected chi connectivity index (χ1v) is 9.03. The monoisotopic (exact) mass is 325 g/mol. The van der Waals surface area contributed by atoms with Crippen molar-refractivity contribution >= 4 is 16.0 Å². The number of methoxy groups -OCH3 is 1. The summed E-state index contributed by atoms with van der Waals surface area (Å²) in [5.74, 6) is -0.384. The van der Waals surface area contributed by atoms with Crippen LogP contribution in [0.25, 0.3) is 0 Å². The predicted molar refractivity (Wildman–Crippen MR) is 84.0 cm³/mol. The number of aryl methyl sites for hydroxylation is 2. The lowest BCUT2D eigenvalue weighted by molar-refractivity contribution is -0.143. The highest BCUT2D eigenvalue weighted by molar-refractivity contribution is 7.89. The lowest BCUT2D eigenvalue weighted by Crippen LogP contribution is -2.42. The minimum Gasteiger partial charge on any atom is -0.468 e. The maximum Gasteiger partial charge on any atom is 0.323 e. The second kappa shape index (κ2) is 6.79. The molecule has 0 bridgehead atoms. The number of sulfonamides is 1. The second-order valence-corrected chi connectivity index (χ2v) is 7.82. The molecule has 22 heavy (non-hydrogen) atoms. The molecule has 0 amide bonds. The van der Waals surface area contributed by atoms with Crippen LogP contribution in [0.4, 0.5) is 0 Å². The van der Waals surface area contributed by atoms with Gasteiger partial charge in [-0.25, -0.2) is 8.42 Å². The van der Waals surface area contributed by atoms with Gasteiger partial charge in [-0.3, -0.25) is 4.79 Å². The molecule has 0 heterocycles. The Morgan fingerprint density at radius 1 is 1.27 bits per heavy atom. The maximum absolute atomic E-state index is 12.5. The largest absolute Gasteiger partial charge is 0.468 e. The number of hydrogen-bond acceptors (Lipinski definition) is 4. The quantitative estimate of drug-likeness (QED) is 0.813. The summed E-state index contributed by atoms with van der Waals surface area (Å²) in [5, 5.41) is 0. The molecule has 0 saturated heterocycles. The Bertz CT molecular complexity index is 652. The molecule has 1 atom stereocenters. The summed E-state index contributed by atoms with van der Waals surface area (Å²) in [5.41, 5.74) is 2.30. The van der Waals surface area contributed by atoms with Gasteiger partial charge in [0, 0.05) is 0 Å². The Morgan fingerprint density at radius 3 is 2.59 bits per heavy atom. The standard InChI is InChI=1S/C16H23NO4S/c1-11(2)9-15(16(18)21-3)17-22(19,20)14-8-7-12-5-4-6-13(12)10-14/h7-8,10-11,15,17H,4-6,9H2,1-3H3/t15-/m1/s1. The number of carbonyl (C=O) groups is 1. The van der Waals surface area contributed by atoms with Gasteiger partial charge in [0.1, 0.15) is 6.04 Å². The smallest absolute Gasteiger partial charge is 0.323 e. The number of benzene rings is 1. The van der Waals surface area contributed by atoms with Crippen molar-refractivity contribution in [3.8, 4) is 0 Å². The van der Waals surface area contributed by atoms with Crippen LogP contribution in [-0.2, 0) is 32.4 Å². The van der Waals surface area contributed by atoms with Crippen LogP contribution in [-0.4, -0.2) is 27.5 Å². The highest BCUT2D eigenvalue weighted by atomic mass is 32.2. The van der Waals surface area contributed by atoms with Gasteiger partial charge in [0.2, 0.25) is 10.0 Å². The average molecular weight is 325 g/mol. The molecule has 0 fully saturated rings. The zero-order valence-electron chi connectivity index (χ0n) is 13.3. The van der Waals surface area contributed by atoms with Crippen LogP contribution in [0.15, 0.2) is 23.1 Å². The topological polar surface area (TPSA) is 72.5 Å². The van der Waals surface area contributed by atoms with Crippen LogP contribution >= 0.6 is 0 Å². The fourth-order valence-corrected chi connectivity index (χ4v) is 4.02. The molecule has 5 nitrogen and oxygen atoms in total. The summed E-state index contributed by atoms with van der Waals surface area (Å²) in [4.78, 5) is 12.0. The lowest BCUT2D eigenvalue weighted by Gasteiger charge is -2.18. The number of hydrogen-bond donors (Lipinski definition) is 1. The molecule has 122 valence electrons. The minimum atomic E-state index is -3.73. The number of nitrogens with one attached hydrogen (secondary N) is 1. The van der Waals surface area contributed by atoms with Crippen LogP contribution in [0.5, 0.6) is 0 Å². The van der Waals surface area contributed by atoms with Gasteiger partial charge in [0.15, 0.2) is 0 Å². The third-order valence-corrected chi connectivity index (χ3v) is 5.34. The Balaban J connectivity index is 2.23. The van der Waals surface area contributed by atoms with Gasteiger partial charge < -0.3 is 4.74 Å². The third-order valence-electron chi connectivity index (χ3n) is 3.87. The molecule has 0 spiro atoms. The molecular formula is C16H23NO4S. The van der Waals surface area contributed by atoms with E-state index < -0.39 is 22.0 Å². The molecule has 1 aromatic carbocycles. The van der Waals surface area contributed by atoms with E-state index >= 15 is 0 Å². The lowest BCUT2D eigenvalue weighted by atomic mass is 10.1. The summed E-state index contributed by atoms with van der Waals surface area (Å²) in [6.45, 7) is 3.86. The molecule has 2 rings (SSSR count). The Hall–Kier alpha value is -1.40. The number of carbonyl (C=O) groups excluding carboxylic acids is 1. The zero-order valence-corrected chi connectivity index (χ0v) is 14.1. The van der Waals surface area contributed by atoms with Gasteiger partial charge in [0.25, 0.3) is 0 Å². The molecule has 0 unspecified atom stereocenters. The SMILES string of the molecule is COC(=O)[C@@H](CC(C)C)NS(=O)(=O)c1ccc2c(c1)CCC2. The van der Waals surface area contributed by atoms with Gasteiger partial charge in [-0.2, -0.15) is 4.72 Å². The third kappa shape index (κ3) is 3.87. The normalized spacial score (nSPS) is 15.6. The molecule has 6 heteroatoms. The number of ether oxygens (including phenoxy) is 1. The average Bonchev–Trinajstić information content (AvgIpc) is 2.92. The van der Waals surface area contributed by atoms with E-state index in [4.69, 9.17) is 4.74 Å². The van der Waals surface area contributed by atoms with Crippen molar-refractivity contribution in [2.24, 2.45) is 5.92 Å². The summed E-state index contributed by atoms with van der Waals surface area (Å²) in [6, 6.07) is 4.33. The van der Waals surface area contributed by atoms with Gasteiger partial charge in [-0.05, 0) is 54.9 Å².